The van der Waals surface area contributed by atoms with Crippen LogP contribution in [0.25, 0.3) is 0 Å². The molecule has 1 amide bonds. The van der Waals surface area contributed by atoms with E-state index in [4.69, 9.17) is 5.73 Å². The molecule has 1 saturated carbocycles. The van der Waals surface area contributed by atoms with Crippen LogP contribution in [0.15, 0.2) is 0 Å². The van der Waals surface area contributed by atoms with Gasteiger partial charge in [-0.2, -0.15) is 0 Å². The second kappa shape index (κ2) is 6.76. The summed E-state index contributed by atoms with van der Waals surface area (Å²) in [7, 11) is 0. The largest absolute Gasteiger partial charge is 0.339 e. The number of hydrogen-bond donors (Lipinski definition) is 1. The highest BCUT2D eigenvalue weighted by molar-refractivity contribution is 5.85. The highest BCUT2D eigenvalue weighted by Gasteiger charge is 2.33. The van der Waals surface area contributed by atoms with E-state index in [-0.39, 0.29) is 18.4 Å². The van der Waals surface area contributed by atoms with Gasteiger partial charge in [0, 0.05) is 25.0 Å². The fraction of sp³-hybridized carbons (Fsp3) is 0.929. The molecule has 0 spiro atoms. The van der Waals surface area contributed by atoms with Crippen molar-refractivity contribution >= 4 is 18.3 Å². The van der Waals surface area contributed by atoms with Crippen molar-refractivity contribution in [3.63, 3.8) is 0 Å². The number of nitrogens with zero attached hydrogens (tertiary/aromatic N) is 1. The number of halogens is 1. The molecule has 0 aromatic rings. The molecule has 18 heavy (non-hydrogen) atoms. The van der Waals surface area contributed by atoms with Gasteiger partial charge in [0.1, 0.15) is 0 Å². The van der Waals surface area contributed by atoms with Crippen LogP contribution in [-0.4, -0.2) is 29.4 Å². The Kier molecular flexibility index (Phi) is 5.93. The maximum atomic E-state index is 12.3. The first-order chi connectivity index (χ1) is 8.09. The van der Waals surface area contributed by atoms with E-state index in [0.29, 0.717) is 30.2 Å². The summed E-state index contributed by atoms with van der Waals surface area (Å²) in [6, 6.07) is 0.735. The van der Waals surface area contributed by atoms with E-state index in [1.54, 1.807) is 0 Å². The summed E-state index contributed by atoms with van der Waals surface area (Å²) >= 11 is 0. The average Bonchev–Trinajstić information content (AvgIpc) is 2.87. The normalized spacial score (nSPS) is 31.8. The van der Waals surface area contributed by atoms with Gasteiger partial charge in [0.15, 0.2) is 0 Å². The van der Waals surface area contributed by atoms with Crippen LogP contribution >= 0.6 is 12.4 Å². The lowest BCUT2D eigenvalue weighted by Crippen LogP contribution is -2.40. The van der Waals surface area contributed by atoms with Crippen LogP contribution in [0.1, 0.15) is 52.4 Å². The molecule has 4 heteroatoms. The number of likely N-dealkylation sites (tertiary alicyclic amines) is 1. The molecule has 3 atom stereocenters. The zero-order valence-electron chi connectivity index (χ0n) is 11.6. The fourth-order valence-corrected chi connectivity index (χ4v) is 3.46. The van der Waals surface area contributed by atoms with E-state index < -0.39 is 0 Å². The number of carbonyl (C=O) groups is 1. The highest BCUT2D eigenvalue weighted by atomic mass is 35.5. The molecule has 1 aliphatic carbocycles. The monoisotopic (exact) mass is 274 g/mol. The lowest BCUT2D eigenvalue weighted by molar-refractivity contribution is -0.133. The topological polar surface area (TPSA) is 46.3 Å². The van der Waals surface area contributed by atoms with Crippen molar-refractivity contribution in [3.05, 3.63) is 0 Å². The van der Waals surface area contributed by atoms with Crippen molar-refractivity contribution in [2.75, 3.05) is 6.54 Å². The summed E-state index contributed by atoms with van der Waals surface area (Å²) in [5, 5.41) is 0. The van der Waals surface area contributed by atoms with E-state index in [0.717, 1.165) is 19.4 Å². The Morgan fingerprint density at radius 3 is 2.56 bits per heavy atom. The summed E-state index contributed by atoms with van der Waals surface area (Å²) in [4.78, 5) is 14.5. The number of amides is 1. The molecule has 0 aromatic heterocycles. The molecule has 106 valence electrons. The number of nitrogens with two attached hydrogens (primary N) is 1. The maximum absolute atomic E-state index is 12.3. The standard InChI is InChI=1S/C14H26N2O.ClH/c1-10(2)13-7-4-8-16(13)14(17)9-11-5-3-6-12(11)15;/h10-13H,3-9,15H2,1-2H3;1H/t11-,12+,13?;/m0./s1. The summed E-state index contributed by atoms with van der Waals surface area (Å²) < 4.78 is 0. The molecule has 0 bridgehead atoms. The van der Waals surface area contributed by atoms with Gasteiger partial charge in [-0.05, 0) is 37.5 Å². The van der Waals surface area contributed by atoms with Crippen LogP contribution in [0, 0.1) is 11.8 Å². The molecule has 1 aliphatic heterocycles. The second-order valence-corrected chi connectivity index (χ2v) is 6.10. The summed E-state index contributed by atoms with van der Waals surface area (Å²) in [5.41, 5.74) is 6.05. The quantitative estimate of drug-likeness (QED) is 0.860. The molecule has 2 aliphatic rings. The Morgan fingerprint density at radius 2 is 2.00 bits per heavy atom. The number of rotatable bonds is 3. The van der Waals surface area contributed by atoms with E-state index in [1.165, 1.54) is 19.3 Å². The van der Waals surface area contributed by atoms with Crippen molar-refractivity contribution in [2.24, 2.45) is 17.6 Å². The molecule has 1 unspecified atom stereocenters. The molecule has 2 N–H and O–H groups in total. The summed E-state index contributed by atoms with van der Waals surface area (Å²) in [5.74, 6) is 1.37. The summed E-state index contributed by atoms with van der Waals surface area (Å²) in [6.45, 7) is 5.40. The Hall–Kier alpha value is -0.280. The van der Waals surface area contributed by atoms with E-state index >= 15 is 0 Å². The molecular weight excluding hydrogens is 248 g/mol. The molecule has 0 aromatic carbocycles. The Bertz CT molecular complexity index is 283. The zero-order valence-corrected chi connectivity index (χ0v) is 12.4. The molecule has 2 rings (SSSR count). The van der Waals surface area contributed by atoms with Crippen molar-refractivity contribution in [1.29, 1.82) is 0 Å². The first-order valence-electron chi connectivity index (χ1n) is 7.14. The number of carbonyl (C=O) groups excluding carboxylic acids is 1. The van der Waals surface area contributed by atoms with Crippen LogP contribution < -0.4 is 5.73 Å². The smallest absolute Gasteiger partial charge is 0.223 e. The SMILES string of the molecule is CC(C)C1CCCN1C(=O)C[C@@H]1CCC[C@H]1N.Cl. The van der Waals surface area contributed by atoms with Gasteiger partial charge in [-0.25, -0.2) is 0 Å². The fourth-order valence-electron chi connectivity index (χ4n) is 3.46. The van der Waals surface area contributed by atoms with Crippen molar-refractivity contribution in [2.45, 2.75) is 64.5 Å². The molecule has 0 radical (unpaired) electrons. The van der Waals surface area contributed by atoms with Crippen molar-refractivity contribution < 1.29 is 4.79 Å². The van der Waals surface area contributed by atoms with Crippen LogP contribution in [-0.2, 0) is 4.79 Å². The van der Waals surface area contributed by atoms with E-state index in [9.17, 15) is 4.79 Å². The van der Waals surface area contributed by atoms with E-state index in [1.807, 2.05) is 0 Å². The van der Waals surface area contributed by atoms with Crippen LogP contribution in [0.3, 0.4) is 0 Å². The van der Waals surface area contributed by atoms with Crippen molar-refractivity contribution in [1.82, 2.24) is 4.90 Å². The lowest BCUT2D eigenvalue weighted by atomic mass is 9.97. The zero-order chi connectivity index (χ0) is 12.4. The van der Waals surface area contributed by atoms with Crippen molar-refractivity contribution in [3.8, 4) is 0 Å². The molecule has 3 nitrogen and oxygen atoms in total. The third-order valence-electron chi connectivity index (χ3n) is 4.54. The summed E-state index contributed by atoms with van der Waals surface area (Å²) in [6.07, 6.45) is 6.49. The van der Waals surface area contributed by atoms with Gasteiger partial charge < -0.3 is 10.6 Å². The predicted octanol–water partition coefficient (Wildman–Crippen LogP) is 2.57. The van der Waals surface area contributed by atoms with Gasteiger partial charge in [0.25, 0.3) is 0 Å². The highest BCUT2D eigenvalue weighted by Crippen LogP contribution is 2.30. The Morgan fingerprint density at radius 1 is 1.28 bits per heavy atom. The Balaban J connectivity index is 0.00000162. The minimum Gasteiger partial charge on any atom is -0.339 e. The van der Waals surface area contributed by atoms with Gasteiger partial charge in [-0.3, -0.25) is 4.79 Å². The third-order valence-corrected chi connectivity index (χ3v) is 4.54. The van der Waals surface area contributed by atoms with Crippen LogP contribution in [0.5, 0.6) is 0 Å². The number of hydrogen-bond acceptors (Lipinski definition) is 2. The van der Waals surface area contributed by atoms with Gasteiger partial charge in [0.05, 0.1) is 0 Å². The first-order valence-corrected chi connectivity index (χ1v) is 7.14. The van der Waals surface area contributed by atoms with Crippen LogP contribution in [0.2, 0.25) is 0 Å². The van der Waals surface area contributed by atoms with E-state index in [2.05, 4.69) is 18.7 Å². The van der Waals surface area contributed by atoms with Gasteiger partial charge in [-0.15, -0.1) is 12.4 Å². The van der Waals surface area contributed by atoms with Gasteiger partial charge in [0.2, 0.25) is 5.91 Å². The second-order valence-electron chi connectivity index (χ2n) is 6.10. The molecule has 1 heterocycles. The average molecular weight is 275 g/mol. The molecule has 1 saturated heterocycles. The third kappa shape index (κ3) is 3.39. The maximum Gasteiger partial charge on any atom is 0.223 e. The predicted molar refractivity (Wildman–Crippen MR) is 76.8 cm³/mol. The van der Waals surface area contributed by atoms with Crippen LogP contribution in [0.4, 0.5) is 0 Å². The van der Waals surface area contributed by atoms with Gasteiger partial charge in [-0.1, -0.05) is 20.3 Å². The molecular formula is C14H27ClN2O. The minimum absolute atomic E-state index is 0. The first kappa shape index (κ1) is 15.8. The minimum atomic E-state index is 0. The van der Waals surface area contributed by atoms with Gasteiger partial charge >= 0.3 is 0 Å². The lowest BCUT2D eigenvalue weighted by Gasteiger charge is -2.29. The molecule has 2 fully saturated rings. The Labute approximate surface area is 117 Å².